The highest BCUT2D eigenvalue weighted by Gasteiger charge is 2.09. The molecule has 4 heteroatoms. The van der Waals surface area contributed by atoms with Crippen LogP contribution < -0.4 is 10.1 Å². The maximum absolute atomic E-state index is 5.39. The van der Waals surface area contributed by atoms with Gasteiger partial charge in [-0.25, -0.2) is 0 Å². The predicted molar refractivity (Wildman–Crippen MR) is 85.3 cm³/mol. The predicted octanol–water partition coefficient (Wildman–Crippen LogP) is 2.75. The lowest BCUT2D eigenvalue weighted by Crippen LogP contribution is -2.39. The van der Waals surface area contributed by atoms with Crippen LogP contribution >= 0.6 is 0 Å². The molecule has 112 valence electrons. The molecule has 0 heterocycles. The second-order valence-electron chi connectivity index (χ2n) is 5.32. The lowest BCUT2D eigenvalue weighted by atomic mass is 10.1. The number of nitrogens with zero attached hydrogens (tertiary/aromatic N) is 2. The molecule has 0 aliphatic rings. The van der Waals surface area contributed by atoms with Crippen LogP contribution in [0.25, 0.3) is 0 Å². The molecule has 0 atom stereocenters. The smallest absolute Gasteiger partial charge is 0.193 e. The van der Waals surface area contributed by atoms with Gasteiger partial charge in [0.25, 0.3) is 0 Å². The molecule has 4 nitrogen and oxygen atoms in total. The topological polar surface area (TPSA) is 36.9 Å². The number of hydrogen-bond acceptors (Lipinski definition) is 2. The van der Waals surface area contributed by atoms with E-state index in [2.05, 4.69) is 35.1 Å². The number of aliphatic imine (C=N–C) groups is 1. The van der Waals surface area contributed by atoms with Crippen molar-refractivity contribution in [1.82, 2.24) is 10.2 Å². The molecule has 0 saturated heterocycles. The molecule has 0 saturated carbocycles. The Morgan fingerprint density at radius 2 is 2.05 bits per heavy atom. The zero-order valence-electron chi connectivity index (χ0n) is 13.3. The van der Waals surface area contributed by atoms with Gasteiger partial charge in [-0.05, 0) is 18.4 Å². The zero-order valence-corrected chi connectivity index (χ0v) is 13.3. The first-order valence-electron chi connectivity index (χ1n) is 7.12. The van der Waals surface area contributed by atoms with E-state index in [-0.39, 0.29) is 0 Å². The van der Waals surface area contributed by atoms with Crippen LogP contribution in [0.3, 0.4) is 0 Å². The fourth-order valence-electron chi connectivity index (χ4n) is 2.02. The second kappa shape index (κ2) is 8.46. The molecule has 20 heavy (non-hydrogen) atoms. The van der Waals surface area contributed by atoms with Crippen molar-refractivity contribution in [2.45, 2.75) is 26.8 Å². The number of para-hydroxylation sites is 1. The number of hydrogen-bond donors (Lipinski definition) is 1. The van der Waals surface area contributed by atoms with Crippen molar-refractivity contribution in [2.24, 2.45) is 10.9 Å². The Morgan fingerprint density at radius 1 is 1.35 bits per heavy atom. The van der Waals surface area contributed by atoms with Gasteiger partial charge in [0.1, 0.15) is 5.75 Å². The van der Waals surface area contributed by atoms with Crippen LogP contribution in [-0.4, -0.2) is 38.6 Å². The van der Waals surface area contributed by atoms with Gasteiger partial charge < -0.3 is 15.0 Å². The van der Waals surface area contributed by atoms with Gasteiger partial charge in [0.2, 0.25) is 0 Å². The third-order valence-corrected chi connectivity index (χ3v) is 3.18. The SMILES string of the molecule is CN=C(NCCC(C)C)N(C)Cc1ccccc1OC. The maximum Gasteiger partial charge on any atom is 0.193 e. The summed E-state index contributed by atoms with van der Waals surface area (Å²) in [6, 6.07) is 8.08. The van der Waals surface area contributed by atoms with Crippen LogP contribution in [0, 0.1) is 5.92 Å². The van der Waals surface area contributed by atoms with E-state index < -0.39 is 0 Å². The van der Waals surface area contributed by atoms with Gasteiger partial charge in [-0.15, -0.1) is 0 Å². The van der Waals surface area contributed by atoms with Gasteiger partial charge in [-0.2, -0.15) is 0 Å². The van der Waals surface area contributed by atoms with Crippen LogP contribution in [0.2, 0.25) is 0 Å². The van der Waals surface area contributed by atoms with E-state index in [1.54, 1.807) is 7.11 Å². The van der Waals surface area contributed by atoms with Crippen molar-refractivity contribution in [3.63, 3.8) is 0 Å². The number of benzene rings is 1. The molecule has 1 rings (SSSR count). The second-order valence-corrected chi connectivity index (χ2v) is 5.32. The van der Waals surface area contributed by atoms with Crippen LogP contribution in [-0.2, 0) is 6.54 Å². The number of ether oxygens (including phenoxy) is 1. The summed E-state index contributed by atoms with van der Waals surface area (Å²) in [5.74, 6) is 2.52. The highest BCUT2D eigenvalue weighted by Crippen LogP contribution is 2.18. The van der Waals surface area contributed by atoms with E-state index >= 15 is 0 Å². The highest BCUT2D eigenvalue weighted by molar-refractivity contribution is 5.79. The first-order chi connectivity index (χ1) is 9.58. The van der Waals surface area contributed by atoms with E-state index in [1.807, 2.05) is 32.3 Å². The molecule has 0 aliphatic heterocycles. The van der Waals surface area contributed by atoms with Crippen molar-refractivity contribution < 1.29 is 4.74 Å². The molecule has 0 unspecified atom stereocenters. The van der Waals surface area contributed by atoms with E-state index in [0.717, 1.165) is 36.8 Å². The number of rotatable bonds is 6. The molecule has 1 N–H and O–H groups in total. The van der Waals surface area contributed by atoms with Crippen LogP contribution in [0.15, 0.2) is 29.3 Å². The van der Waals surface area contributed by atoms with Crippen LogP contribution in [0.5, 0.6) is 5.75 Å². The van der Waals surface area contributed by atoms with Gasteiger partial charge in [-0.3, -0.25) is 4.99 Å². The van der Waals surface area contributed by atoms with Gasteiger partial charge >= 0.3 is 0 Å². The molecular weight excluding hydrogens is 250 g/mol. The zero-order chi connectivity index (χ0) is 15.0. The Bertz CT molecular complexity index is 429. The molecular formula is C16H27N3O. The summed E-state index contributed by atoms with van der Waals surface area (Å²) in [7, 11) is 5.56. The molecule has 1 aromatic rings. The Balaban J connectivity index is 2.61. The summed E-state index contributed by atoms with van der Waals surface area (Å²) in [6.45, 7) is 6.16. The maximum atomic E-state index is 5.39. The Hall–Kier alpha value is -1.71. The van der Waals surface area contributed by atoms with Gasteiger partial charge in [0.05, 0.1) is 7.11 Å². The lowest BCUT2D eigenvalue weighted by molar-refractivity contribution is 0.395. The quantitative estimate of drug-likeness (QED) is 0.641. The summed E-state index contributed by atoms with van der Waals surface area (Å²) in [6.07, 6.45) is 1.14. The Labute approximate surface area is 122 Å². The summed E-state index contributed by atoms with van der Waals surface area (Å²) in [5.41, 5.74) is 1.16. The van der Waals surface area contributed by atoms with Crippen molar-refractivity contribution >= 4 is 5.96 Å². The van der Waals surface area contributed by atoms with Gasteiger partial charge in [-0.1, -0.05) is 32.0 Å². The third kappa shape index (κ3) is 5.11. The first-order valence-corrected chi connectivity index (χ1v) is 7.12. The molecule has 0 amide bonds. The normalized spacial score (nSPS) is 11.6. The molecule has 0 spiro atoms. The monoisotopic (exact) mass is 277 g/mol. The minimum atomic E-state index is 0.695. The molecule has 1 aromatic carbocycles. The summed E-state index contributed by atoms with van der Waals surface area (Å²) < 4.78 is 5.39. The molecule has 0 radical (unpaired) electrons. The van der Waals surface area contributed by atoms with Crippen molar-refractivity contribution in [1.29, 1.82) is 0 Å². The average molecular weight is 277 g/mol. The summed E-state index contributed by atoms with van der Waals surface area (Å²) in [4.78, 5) is 6.44. The number of nitrogens with one attached hydrogen (secondary N) is 1. The Morgan fingerprint density at radius 3 is 2.65 bits per heavy atom. The average Bonchev–Trinajstić information content (AvgIpc) is 2.43. The highest BCUT2D eigenvalue weighted by atomic mass is 16.5. The Kier molecular flexibility index (Phi) is 6.91. The van der Waals surface area contributed by atoms with Crippen molar-refractivity contribution in [3.8, 4) is 5.75 Å². The van der Waals surface area contributed by atoms with Gasteiger partial charge in [0.15, 0.2) is 5.96 Å². The largest absolute Gasteiger partial charge is 0.496 e. The fraction of sp³-hybridized carbons (Fsp3) is 0.562. The molecule has 0 aromatic heterocycles. The summed E-state index contributed by atoms with van der Waals surface area (Å²) in [5, 5.41) is 3.39. The molecule has 0 bridgehead atoms. The van der Waals surface area contributed by atoms with E-state index in [4.69, 9.17) is 4.74 Å². The lowest BCUT2D eigenvalue weighted by Gasteiger charge is -2.23. The molecule has 0 fully saturated rings. The standard InChI is InChI=1S/C16H27N3O/c1-13(2)10-11-18-16(17-3)19(4)12-14-8-6-7-9-15(14)20-5/h6-9,13H,10-12H2,1-5H3,(H,17,18). The van der Waals surface area contributed by atoms with Crippen LogP contribution in [0.4, 0.5) is 0 Å². The van der Waals surface area contributed by atoms with Gasteiger partial charge in [0, 0.05) is 32.7 Å². The van der Waals surface area contributed by atoms with E-state index in [0.29, 0.717) is 5.92 Å². The van der Waals surface area contributed by atoms with Crippen LogP contribution in [0.1, 0.15) is 25.8 Å². The minimum absolute atomic E-state index is 0.695. The fourth-order valence-corrected chi connectivity index (χ4v) is 2.02. The van der Waals surface area contributed by atoms with E-state index in [1.165, 1.54) is 0 Å². The first kappa shape index (κ1) is 16.3. The third-order valence-electron chi connectivity index (χ3n) is 3.18. The molecule has 0 aliphatic carbocycles. The van der Waals surface area contributed by atoms with Crippen molar-refractivity contribution in [2.75, 3.05) is 27.7 Å². The number of guanidine groups is 1. The number of methoxy groups -OCH3 is 1. The summed E-state index contributed by atoms with van der Waals surface area (Å²) >= 11 is 0. The van der Waals surface area contributed by atoms with E-state index in [9.17, 15) is 0 Å². The minimum Gasteiger partial charge on any atom is -0.496 e. The van der Waals surface area contributed by atoms with Crippen molar-refractivity contribution in [3.05, 3.63) is 29.8 Å².